The van der Waals surface area contributed by atoms with Crippen LogP contribution in [0.4, 0.5) is 18.9 Å². The van der Waals surface area contributed by atoms with Crippen LogP contribution in [0.15, 0.2) is 29.6 Å². The SMILES string of the molecule is CC1NCCc2c(C(=O)Nc3cccc(C(F)(F)F)c3)csc21. The van der Waals surface area contributed by atoms with Crippen molar-refractivity contribution in [2.75, 3.05) is 11.9 Å². The lowest BCUT2D eigenvalue weighted by Crippen LogP contribution is -2.27. The Morgan fingerprint density at radius 2 is 2.17 bits per heavy atom. The first-order valence-corrected chi connectivity index (χ1v) is 8.06. The number of nitrogens with one attached hydrogen (secondary N) is 2. The predicted octanol–water partition coefficient (Wildman–Crippen LogP) is 4.23. The molecule has 1 aliphatic heterocycles. The summed E-state index contributed by atoms with van der Waals surface area (Å²) in [7, 11) is 0. The van der Waals surface area contributed by atoms with Gasteiger partial charge in [-0.05, 0) is 43.7 Å². The minimum atomic E-state index is -4.43. The van der Waals surface area contributed by atoms with Crippen LogP contribution in [0.2, 0.25) is 0 Å². The molecule has 2 N–H and O–H groups in total. The van der Waals surface area contributed by atoms with Gasteiger partial charge in [-0.2, -0.15) is 13.2 Å². The van der Waals surface area contributed by atoms with Crippen molar-refractivity contribution in [2.45, 2.75) is 25.6 Å². The number of thiophene rings is 1. The molecule has 1 atom stereocenters. The van der Waals surface area contributed by atoms with Crippen molar-refractivity contribution < 1.29 is 18.0 Å². The molecule has 23 heavy (non-hydrogen) atoms. The van der Waals surface area contributed by atoms with Crippen LogP contribution in [0, 0.1) is 0 Å². The van der Waals surface area contributed by atoms with E-state index in [-0.39, 0.29) is 17.6 Å². The van der Waals surface area contributed by atoms with Crippen LogP contribution < -0.4 is 10.6 Å². The number of amides is 1. The molecule has 1 aliphatic rings. The van der Waals surface area contributed by atoms with Crippen LogP contribution in [0.1, 0.15) is 39.3 Å². The third-order valence-electron chi connectivity index (χ3n) is 3.84. The minimum absolute atomic E-state index is 0.145. The second-order valence-corrected chi connectivity index (χ2v) is 6.36. The van der Waals surface area contributed by atoms with Gasteiger partial charge in [0.15, 0.2) is 0 Å². The highest BCUT2D eigenvalue weighted by atomic mass is 32.1. The quantitative estimate of drug-likeness (QED) is 0.859. The average molecular weight is 340 g/mol. The van der Waals surface area contributed by atoms with Gasteiger partial charge in [-0.1, -0.05) is 6.07 Å². The first kappa shape index (κ1) is 16.0. The highest BCUT2D eigenvalue weighted by Gasteiger charge is 2.30. The topological polar surface area (TPSA) is 41.1 Å². The Morgan fingerprint density at radius 3 is 2.91 bits per heavy atom. The first-order valence-electron chi connectivity index (χ1n) is 7.18. The van der Waals surface area contributed by atoms with E-state index < -0.39 is 11.7 Å². The fourth-order valence-corrected chi connectivity index (χ4v) is 3.82. The molecule has 0 fully saturated rings. The number of carbonyl (C=O) groups excluding carboxylic acids is 1. The van der Waals surface area contributed by atoms with Crippen molar-refractivity contribution >= 4 is 22.9 Å². The number of hydrogen-bond donors (Lipinski definition) is 2. The fourth-order valence-electron chi connectivity index (χ4n) is 2.69. The van der Waals surface area contributed by atoms with Gasteiger partial charge < -0.3 is 10.6 Å². The molecule has 0 spiro atoms. The normalized spacial score (nSPS) is 17.7. The Bertz CT molecular complexity index is 739. The van der Waals surface area contributed by atoms with Gasteiger partial charge in [0.2, 0.25) is 0 Å². The van der Waals surface area contributed by atoms with Crippen molar-refractivity contribution in [2.24, 2.45) is 0 Å². The zero-order chi connectivity index (χ0) is 16.6. The van der Waals surface area contributed by atoms with Crippen LogP contribution in [0.25, 0.3) is 0 Å². The number of carbonyl (C=O) groups is 1. The molecular formula is C16H15F3N2OS. The molecule has 1 aromatic carbocycles. The number of anilines is 1. The van der Waals surface area contributed by atoms with E-state index in [1.807, 2.05) is 6.92 Å². The highest BCUT2D eigenvalue weighted by Crippen LogP contribution is 2.33. The van der Waals surface area contributed by atoms with Crippen molar-refractivity contribution in [3.8, 4) is 0 Å². The van der Waals surface area contributed by atoms with Crippen molar-refractivity contribution in [3.63, 3.8) is 0 Å². The zero-order valence-corrected chi connectivity index (χ0v) is 13.1. The van der Waals surface area contributed by atoms with Crippen molar-refractivity contribution in [1.82, 2.24) is 5.32 Å². The maximum absolute atomic E-state index is 12.7. The Balaban J connectivity index is 1.83. The second kappa shape index (κ2) is 5.98. The van der Waals surface area contributed by atoms with Gasteiger partial charge in [0, 0.05) is 22.0 Å². The molecule has 7 heteroatoms. The smallest absolute Gasteiger partial charge is 0.322 e. The molecule has 122 valence electrons. The number of benzene rings is 1. The Kier molecular flexibility index (Phi) is 4.16. The predicted molar refractivity (Wildman–Crippen MR) is 83.8 cm³/mol. The molecular weight excluding hydrogens is 325 g/mol. The number of rotatable bonds is 2. The number of halogens is 3. The van der Waals surface area contributed by atoms with E-state index in [4.69, 9.17) is 0 Å². The Morgan fingerprint density at radius 1 is 1.39 bits per heavy atom. The van der Waals surface area contributed by atoms with E-state index in [2.05, 4.69) is 10.6 Å². The second-order valence-electron chi connectivity index (χ2n) is 5.45. The van der Waals surface area contributed by atoms with Crippen molar-refractivity contribution in [3.05, 3.63) is 51.2 Å². The molecule has 2 heterocycles. The molecule has 0 aliphatic carbocycles. The molecule has 3 rings (SSSR count). The van der Waals surface area contributed by atoms with E-state index in [0.717, 1.165) is 35.5 Å². The summed E-state index contributed by atoms with van der Waals surface area (Å²) < 4.78 is 38.2. The first-order chi connectivity index (χ1) is 10.9. The summed E-state index contributed by atoms with van der Waals surface area (Å²) in [5.41, 5.74) is 0.911. The van der Waals surface area contributed by atoms with Gasteiger partial charge in [0.25, 0.3) is 5.91 Å². The lowest BCUT2D eigenvalue weighted by Gasteiger charge is -2.21. The summed E-state index contributed by atoms with van der Waals surface area (Å²) in [4.78, 5) is 13.5. The van der Waals surface area contributed by atoms with E-state index in [0.29, 0.717) is 5.56 Å². The summed E-state index contributed by atoms with van der Waals surface area (Å²) >= 11 is 1.50. The van der Waals surface area contributed by atoms with Crippen LogP contribution in [-0.2, 0) is 12.6 Å². The molecule has 1 amide bonds. The molecule has 0 radical (unpaired) electrons. The van der Waals surface area contributed by atoms with Gasteiger partial charge in [0.05, 0.1) is 11.1 Å². The van der Waals surface area contributed by atoms with Gasteiger partial charge in [-0.25, -0.2) is 0 Å². The van der Waals surface area contributed by atoms with Crippen LogP contribution in [0.5, 0.6) is 0 Å². The molecule has 2 aromatic rings. The summed E-state index contributed by atoms with van der Waals surface area (Å²) in [5.74, 6) is -0.365. The average Bonchev–Trinajstić information content (AvgIpc) is 2.92. The third-order valence-corrected chi connectivity index (χ3v) is 5.04. The summed E-state index contributed by atoms with van der Waals surface area (Å²) in [5, 5.41) is 7.66. The highest BCUT2D eigenvalue weighted by molar-refractivity contribution is 7.10. The van der Waals surface area contributed by atoms with Crippen LogP contribution in [0.3, 0.4) is 0 Å². The summed E-state index contributed by atoms with van der Waals surface area (Å²) in [6, 6.07) is 4.86. The summed E-state index contributed by atoms with van der Waals surface area (Å²) in [6.07, 6.45) is -3.68. The number of fused-ring (bicyclic) bond motifs is 1. The van der Waals surface area contributed by atoms with Gasteiger partial charge in [0.1, 0.15) is 0 Å². The van der Waals surface area contributed by atoms with Gasteiger partial charge >= 0.3 is 6.18 Å². The van der Waals surface area contributed by atoms with E-state index in [1.165, 1.54) is 23.5 Å². The number of alkyl halides is 3. The molecule has 3 nitrogen and oxygen atoms in total. The molecule has 1 unspecified atom stereocenters. The lowest BCUT2D eigenvalue weighted by molar-refractivity contribution is -0.137. The minimum Gasteiger partial charge on any atom is -0.322 e. The monoisotopic (exact) mass is 340 g/mol. The van der Waals surface area contributed by atoms with Crippen molar-refractivity contribution in [1.29, 1.82) is 0 Å². The zero-order valence-electron chi connectivity index (χ0n) is 12.3. The number of hydrogen-bond acceptors (Lipinski definition) is 3. The van der Waals surface area contributed by atoms with E-state index in [9.17, 15) is 18.0 Å². The molecule has 0 saturated carbocycles. The molecule has 1 aromatic heterocycles. The molecule has 0 bridgehead atoms. The third kappa shape index (κ3) is 3.25. The van der Waals surface area contributed by atoms with Gasteiger partial charge in [-0.3, -0.25) is 4.79 Å². The van der Waals surface area contributed by atoms with E-state index >= 15 is 0 Å². The largest absolute Gasteiger partial charge is 0.416 e. The standard InChI is InChI=1S/C16H15F3N2OS/c1-9-14-12(5-6-20-9)13(8-23-14)15(22)21-11-4-2-3-10(7-11)16(17,18)19/h2-4,7-9,20H,5-6H2,1H3,(H,21,22). The Labute approximate surface area is 135 Å². The van der Waals surface area contributed by atoms with Gasteiger partial charge in [-0.15, -0.1) is 11.3 Å². The molecule has 0 saturated heterocycles. The Hall–Kier alpha value is -1.86. The fraction of sp³-hybridized carbons (Fsp3) is 0.312. The maximum atomic E-state index is 12.7. The van der Waals surface area contributed by atoms with Crippen LogP contribution >= 0.6 is 11.3 Å². The lowest BCUT2D eigenvalue weighted by atomic mass is 10.00. The van der Waals surface area contributed by atoms with Crippen LogP contribution in [-0.4, -0.2) is 12.5 Å². The maximum Gasteiger partial charge on any atom is 0.416 e. The van der Waals surface area contributed by atoms with E-state index in [1.54, 1.807) is 5.38 Å². The summed E-state index contributed by atoms with van der Waals surface area (Å²) in [6.45, 7) is 2.82.